The lowest BCUT2D eigenvalue weighted by atomic mass is 10.1. The van der Waals surface area contributed by atoms with Gasteiger partial charge in [0.25, 0.3) is 0 Å². The molecular formula is C11H17N3O3S. The van der Waals surface area contributed by atoms with Crippen molar-refractivity contribution >= 4 is 29.5 Å². The molecule has 18 heavy (non-hydrogen) atoms. The number of piperazine rings is 1. The average molecular weight is 271 g/mol. The molecule has 0 aromatic heterocycles. The normalized spacial score (nSPS) is 27.4. The summed E-state index contributed by atoms with van der Waals surface area (Å²) in [5.41, 5.74) is 0. The third-order valence-corrected chi connectivity index (χ3v) is 3.89. The van der Waals surface area contributed by atoms with Gasteiger partial charge in [0.2, 0.25) is 17.7 Å². The first-order valence-corrected chi connectivity index (χ1v) is 7.26. The zero-order chi connectivity index (χ0) is 13.3. The Labute approximate surface area is 110 Å². The highest BCUT2D eigenvalue weighted by Crippen LogP contribution is 2.23. The molecule has 2 saturated heterocycles. The average Bonchev–Trinajstić information content (AvgIpc) is 2.71. The van der Waals surface area contributed by atoms with Gasteiger partial charge in [-0.05, 0) is 12.7 Å². The Bertz CT molecular complexity index is 388. The lowest BCUT2D eigenvalue weighted by molar-refractivity contribution is -0.152. The van der Waals surface area contributed by atoms with Gasteiger partial charge in [0.1, 0.15) is 6.04 Å². The van der Waals surface area contributed by atoms with E-state index in [4.69, 9.17) is 0 Å². The minimum absolute atomic E-state index is 0.0382. The molecule has 0 spiro atoms. The Kier molecular flexibility index (Phi) is 3.79. The molecule has 2 heterocycles. The predicted molar refractivity (Wildman–Crippen MR) is 68.1 cm³/mol. The lowest BCUT2D eigenvalue weighted by Crippen LogP contribution is -2.61. The van der Waals surface area contributed by atoms with Gasteiger partial charge in [-0.3, -0.25) is 14.4 Å². The van der Waals surface area contributed by atoms with E-state index >= 15 is 0 Å². The van der Waals surface area contributed by atoms with Crippen molar-refractivity contribution in [2.75, 3.05) is 32.1 Å². The maximum Gasteiger partial charge on any atom is 0.247 e. The van der Waals surface area contributed by atoms with Gasteiger partial charge < -0.3 is 15.1 Å². The minimum atomic E-state index is -0.512. The molecular weight excluding hydrogens is 254 g/mol. The van der Waals surface area contributed by atoms with Gasteiger partial charge in [-0.2, -0.15) is 11.8 Å². The van der Waals surface area contributed by atoms with Gasteiger partial charge in [0.15, 0.2) is 0 Å². The molecule has 100 valence electrons. The summed E-state index contributed by atoms with van der Waals surface area (Å²) in [7, 11) is 1.62. The second-order valence-electron chi connectivity index (χ2n) is 4.62. The number of hydrogen-bond donors (Lipinski definition) is 1. The van der Waals surface area contributed by atoms with Crippen LogP contribution >= 0.6 is 11.8 Å². The molecule has 1 N–H and O–H groups in total. The monoisotopic (exact) mass is 271 g/mol. The third kappa shape index (κ3) is 2.31. The second kappa shape index (κ2) is 5.17. The van der Waals surface area contributed by atoms with E-state index in [-0.39, 0.29) is 30.3 Å². The van der Waals surface area contributed by atoms with E-state index in [9.17, 15) is 14.4 Å². The number of carbonyl (C=O) groups is 3. The fraction of sp³-hybridized carbons (Fsp3) is 0.727. The molecule has 3 amide bonds. The van der Waals surface area contributed by atoms with Gasteiger partial charge >= 0.3 is 0 Å². The molecule has 0 saturated carbocycles. The van der Waals surface area contributed by atoms with Gasteiger partial charge in [-0.15, -0.1) is 0 Å². The zero-order valence-corrected chi connectivity index (χ0v) is 11.3. The number of nitrogens with zero attached hydrogens (tertiary/aromatic N) is 2. The number of rotatable bonds is 3. The van der Waals surface area contributed by atoms with Crippen LogP contribution in [0.4, 0.5) is 0 Å². The van der Waals surface area contributed by atoms with Crippen molar-refractivity contribution in [2.24, 2.45) is 0 Å². The Morgan fingerprint density at radius 1 is 1.50 bits per heavy atom. The van der Waals surface area contributed by atoms with Crippen molar-refractivity contribution in [3.8, 4) is 0 Å². The third-order valence-electron chi connectivity index (χ3n) is 3.34. The van der Waals surface area contributed by atoms with Gasteiger partial charge in [-0.25, -0.2) is 0 Å². The summed E-state index contributed by atoms with van der Waals surface area (Å²) >= 11 is 1.44. The highest BCUT2D eigenvalue weighted by atomic mass is 32.2. The molecule has 6 nitrogen and oxygen atoms in total. The first kappa shape index (κ1) is 13.2. The van der Waals surface area contributed by atoms with E-state index < -0.39 is 6.04 Å². The molecule has 2 fully saturated rings. The van der Waals surface area contributed by atoms with Crippen LogP contribution in [0.25, 0.3) is 0 Å². The van der Waals surface area contributed by atoms with Crippen LogP contribution in [-0.2, 0) is 14.4 Å². The fourth-order valence-corrected chi connectivity index (χ4v) is 2.85. The predicted octanol–water partition coefficient (Wildman–Crippen LogP) is -1.09. The van der Waals surface area contributed by atoms with Gasteiger partial charge in [0.05, 0.1) is 18.3 Å². The molecule has 0 aliphatic carbocycles. The summed E-state index contributed by atoms with van der Waals surface area (Å²) in [6, 6.07) is -0.758. The number of likely N-dealkylation sites (N-methyl/N-ethyl adjacent to an activating group) is 1. The van der Waals surface area contributed by atoms with Crippen molar-refractivity contribution in [1.29, 1.82) is 0 Å². The standard InChI is InChI=1S/C11H17N3O3S/c1-13-5-9(16)14-4-3-7(10(14)11(13)17)12-8(15)6-18-2/h7,10H,3-6H2,1-2H3,(H,12,15). The Morgan fingerprint density at radius 3 is 2.89 bits per heavy atom. The summed E-state index contributed by atoms with van der Waals surface area (Å²) in [4.78, 5) is 38.5. The Morgan fingerprint density at radius 2 is 2.22 bits per heavy atom. The van der Waals surface area contributed by atoms with Crippen molar-refractivity contribution < 1.29 is 14.4 Å². The van der Waals surface area contributed by atoms with E-state index in [2.05, 4.69) is 5.32 Å². The number of hydrogen-bond acceptors (Lipinski definition) is 4. The van der Waals surface area contributed by atoms with Crippen molar-refractivity contribution in [2.45, 2.75) is 18.5 Å². The quantitative estimate of drug-likeness (QED) is 0.708. The SMILES string of the molecule is CSCC(=O)NC1CCN2C(=O)CN(C)C(=O)C12. The minimum Gasteiger partial charge on any atom is -0.350 e. The summed E-state index contributed by atoms with van der Waals surface area (Å²) in [5.74, 6) is 0.175. The van der Waals surface area contributed by atoms with E-state index in [0.717, 1.165) is 0 Å². The molecule has 2 aliphatic heterocycles. The summed E-state index contributed by atoms with van der Waals surface area (Å²) < 4.78 is 0. The van der Waals surface area contributed by atoms with Gasteiger partial charge in [0, 0.05) is 13.6 Å². The first-order valence-electron chi connectivity index (χ1n) is 5.87. The van der Waals surface area contributed by atoms with Crippen LogP contribution < -0.4 is 5.32 Å². The van der Waals surface area contributed by atoms with E-state index in [0.29, 0.717) is 18.7 Å². The van der Waals surface area contributed by atoms with Crippen molar-refractivity contribution in [3.05, 3.63) is 0 Å². The molecule has 0 aromatic rings. The Hall–Kier alpha value is -1.24. The number of nitrogens with one attached hydrogen (secondary N) is 1. The van der Waals surface area contributed by atoms with Crippen LogP contribution in [0.15, 0.2) is 0 Å². The van der Waals surface area contributed by atoms with E-state index in [1.807, 2.05) is 6.26 Å². The highest BCUT2D eigenvalue weighted by Gasteiger charge is 2.47. The number of carbonyl (C=O) groups excluding carboxylic acids is 3. The largest absolute Gasteiger partial charge is 0.350 e. The van der Waals surface area contributed by atoms with Crippen LogP contribution in [0.2, 0.25) is 0 Å². The van der Waals surface area contributed by atoms with Crippen LogP contribution in [0.1, 0.15) is 6.42 Å². The highest BCUT2D eigenvalue weighted by molar-refractivity contribution is 7.99. The number of amides is 3. The van der Waals surface area contributed by atoms with Crippen LogP contribution in [-0.4, -0.2) is 71.8 Å². The smallest absolute Gasteiger partial charge is 0.247 e. The van der Waals surface area contributed by atoms with Crippen LogP contribution in [0.3, 0.4) is 0 Å². The number of fused-ring (bicyclic) bond motifs is 1. The summed E-state index contributed by atoms with van der Waals surface area (Å²) in [6.45, 7) is 0.689. The number of thioether (sulfide) groups is 1. The molecule has 2 unspecified atom stereocenters. The molecule has 0 radical (unpaired) electrons. The molecule has 2 atom stereocenters. The second-order valence-corrected chi connectivity index (χ2v) is 5.49. The molecule has 0 bridgehead atoms. The maximum atomic E-state index is 12.1. The van der Waals surface area contributed by atoms with Gasteiger partial charge in [-0.1, -0.05) is 0 Å². The fourth-order valence-electron chi connectivity index (χ4n) is 2.51. The lowest BCUT2D eigenvalue weighted by Gasteiger charge is -2.36. The molecule has 0 aromatic carbocycles. The topological polar surface area (TPSA) is 69.7 Å². The van der Waals surface area contributed by atoms with E-state index in [1.165, 1.54) is 16.7 Å². The molecule has 7 heteroatoms. The maximum absolute atomic E-state index is 12.1. The van der Waals surface area contributed by atoms with Crippen molar-refractivity contribution in [1.82, 2.24) is 15.1 Å². The van der Waals surface area contributed by atoms with E-state index in [1.54, 1.807) is 11.9 Å². The molecule has 2 aliphatic rings. The zero-order valence-electron chi connectivity index (χ0n) is 10.5. The van der Waals surface area contributed by atoms with Crippen LogP contribution in [0.5, 0.6) is 0 Å². The summed E-state index contributed by atoms with van der Waals surface area (Å²) in [6.07, 6.45) is 2.50. The van der Waals surface area contributed by atoms with Crippen LogP contribution in [0, 0.1) is 0 Å². The first-order chi connectivity index (χ1) is 8.54. The Balaban J connectivity index is 2.08. The van der Waals surface area contributed by atoms with Crippen molar-refractivity contribution in [3.63, 3.8) is 0 Å². The molecule has 2 rings (SSSR count). The summed E-state index contributed by atoms with van der Waals surface area (Å²) in [5, 5.41) is 2.85.